The number of carbonyl (C=O) groups is 2. The minimum atomic E-state index is -3.21. The second kappa shape index (κ2) is 8.57. The predicted molar refractivity (Wildman–Crippen MR) is 119 cm³/mol. The Morgan fingerprint density at radius 2 is 2.00 bits per heavy atom. The van der Waals surface area contributed by atoms with Gasteiger partial charge in [0.2, 0.25) is 0 Å². The van der Waals surface area contributed by atoms with E-state index in [9.17, 15) is 18.0 Å². The van der Waals surface area contributed by atoms with Crippen LogP contribution in [-0.2, 0) is 19.4 Å². The highest BCUT2D eigenvalue weighted by molar-refractivity contribution is 8.16. The number of thioether (sulfide) groups is 1. The lowest BCUT2D eigenvalue weighted by atomic mass is 10.2. The summed E-state index contributed by atoms with van der Waals surface area (Å²) in [6.07, 6.45) is -0.729. The van der Waals surface area contributed by atoms with Gasteiger partial charge in [-0.1, -0.05) is 35.0 Å². The van der Waals surface area contributed by atoms with Gasteiger partial charge in [0.05, 0.1) is 28.3 Å². The molecule has 2 aliphatic heterocycles. The van der Waals surface area contributed by atoms with E-state index in [-0.39, 0.29) is 23.3 Å². The summed E-state index contributed by atoms with van der Waals surface area (Å²) in [5.41, 5.74) is -0.212. The number of hydrogen-bond donors (Lipinski definition) is 1. The summed E-state index contributed by atoms with van der Waals surface area (Å²) in [6, 6.07) is 4.41. The first-order chi connectivity index (χ1) is 13.8. The molecule has 2 saturated heterocycles. The molecular formula is C18H21Cl2N3O5S2. The largest absolute Gasteiger partial charge is 0.444 e. The van der Waals surface area contributed by atoms with Crippen molar-refractivity contribution in [2.75, 3.05) is 23.0 Å². The Labute approximate surface area is 189 Å². The van der Waals surface area contributed by atoms with Gasteiger partial charge in [-0.25, -0.2) is 13.2 Å². The quantitative estimate of drug-likeness (QED) is 0.689. The second-order valence-corrected chi connectivity index (χ2v) is 12.1. The fourth-order valence-corrected chi connectivity index (χ4v) is 7.42. The van der Waals surface area contributed by atoms with Gasteiger partial charge in [0.1, 0.15) is 12.1 Å². The maximum absolute atomic E-state index is 12.4. The number of benzene rings is 1. The molecule has 0 saturated carbocycles. The van der Waals surface area contributed by atoms with Crippen LogP contribution in [0.1, 0.15) is 20.8 Å². The molecule has 164 valence electrons. The molecule has 0 unspecified atom stereocenters. The molecule has 0 aliphatic carbocycles. The lowest BCUT2D eigenvalue weighted by Gasteiger charge is -2.25. The number of ether oxygens (including phenoxy) is 1. The fraction of sp³-hybridized carbons (Fsp3) is 0.500. The highest BCUT2D eigenvalue weighted by Crippen LogP contribution is 2.43. The molecule has 2 fully saturated rings. The average Bonchev–Trinajstić information content (AvgIpc) is 3.04. The summed E-state index contributed by atoms with van der Waals surface area (Å²) < 4.78 is 29.3. The van der Waals surface area contributed by atoms with E-state index in [1.807, 2.05) is 0 Å². The molecule has 0 radical (unpaired) electrons. The molecule has 2 amide bonds. The molecule has 0 bridgehead atoms. The minimum Gasteiger partial charge on any atom is -0.444 e. The summed E-state index contributed by atoms with van der Waals surface area (Å²) in [6.45, 7) is 4.78. The molecular weight excluding hydrogens is 473 g/mol. The third-order valence-electron chi connectivity index (χ3n) is 4.24. The number of hydrogen-bond acceptors (Lipinski definition) is 6. The number of fused-ring (bicyclic) bond motifs is 1. The van der Waals surface area contributed by atoms with Crippen LogP contribution in [0.25, 0.3) is 0 Å². The lowest BCUT2D eigenvalue weighted by Crippen LogP contribution is -2.39. The topological polar surface area (TPSA) is 105 Å². The van der Waals surface area contributed by atoms with Crippen LogP contribution in [0, 0.1) is 0 Å². The number of amides is 2. The minimum absolute atomic E-state index is 0.0135. The van der Waals surface area contributed by atoms with Gasteiger partial charge < -0.3 is 15.0 Å². The van der Waals surface area contributed by atoms with E-state index >= 15 is 0 Å². The van der Waals surface area contributed by atoms with Crippen LogP contribution in [0.15, 0.2) is 23.2 Å². The molecule has 2 atom stereocenters. The van der Waals surface area contributed by atoms with E-state index in [1.54, 1.807) is 43.9 Å². The van der Waals surface area contributed by atoms with Crippen molar-refractivity contribution in [2.45, 2.75) is 37.7 Å². The Morgan fingerprint density at radius 1 is 1.30 bits per heavy atom. The van der Waals surface area contributed by atoms with Gasteiger partial charge >= 0.3 is 6.09 Å². The van der Waals surface area contributed by atoms with Crippen molar-refractivity contribution in [3.8, 4) is 0 Å². The molecule has 30 heavy (non-hydrogen) atoms. The lowest BCUT2D eigenvalue weighted by molar-refractivity contribution is -0.117. The molecule has 8 nitrogen and oxygen atoms in total. The third-order valence-corrected chi connectivity index (χ3v) is 8.00. The maximum Gasteiger partial charge on any atom is 0.408 e. The number of alkyl carbamates (subject to hydrolysis) is 1. The number of anilines is 1. The van der Waals surface area contributed by atoms with Crippen LogP contribution in [0.5, 0.6) is 0 Å². The number of nitrogens with zero attached hydrogens (tertiary/aromatic N) is 2. The van der Waals surface area contributed by atoms with E-state index in [4.69, 9.17) is 27.9 Å². The van der Waals surface area contributed by atoms with E-state index in [1.165, 1.54) is 11.8 Å². The summed E-state index contributed by atoms with van der Waals surface area (Å²) in [5.74, 6) is -0.689. The summed E-state index contributed by atoms with van der Waals surface area (Å²) in [5, 5.41) is 3.18. The molecule has 1 aromatic carbocycles. The summed E-state index contributed by atoms with van der Waals surface area (Å²) in [7, 11) is -3.21. The number of aliphatic imine (C=N–C) groups is 1. The molecule has 12 heteroatoms. The molecule has 0 aromatic heterocycles. The smallest absolute Gasteiger partial charge is 0.408 e. The van der Waals surface area contributed by atoms with Crippen LogP contribution in [0.2, 0.25) is 10.0 Å². The highest BCUT2D eigenvalue weighted by Gasteiger charge is 2.49. The van der Waals surface area contributed by atoms with Gasteiger partial charge in [-0.3, -0.25) is 4.79 Å². The standard InChI is InChI=1S/C18H21Cl2N3O5S2/c1-18(2,3)28-17(25)21-7-15(24)22-16-23(12-6-10(19)4-5-11(12)20)13-8-30(26,27)9-14(13)29-16/h4-6,13-14H,7-9H2,1-3H3,(H,21,25)/t13-,14-/m0/s1. The van der Waals surface area contributed by atoms with Gasteiger partial charge in [-0.15, -0.1) is 0 Å². The highest BCUT2D eigenvalue weighted by atomic mass is 35.5. The zero-order valence-corrected chi connectivity index (χ0v) is 19.7. The SMILES string of the molecule is CC(C)(C)OC(=O)NCC(=O)N=C1S[C@H]2CS(=O)(=O)C[C@@H]2N1c1cc(Cl)ccc1Cl. The van der Waals surface area contributed by atoms with E-state index < -0.39 is 33.5 Å². The predicted octanol–water partition coefficient (Wildman–Crippen LogP) is 3.12. The number of halogens is 2. The first-order valence-electron chi connectivity index (χ1n) is 9.04. The van der Waals surface area contributed by atoms with Crippen molar-refractivity contribution in [2.24, 2.45) is 4.99 Å². The Morgan fingerprint density at radius 3 is 2.67 bits per heavy atom. The number of nitrogens with one attached hydrogen (secondary N) is 1. The normalized spacial score (nSPS) is 24.0. The summed E-state index contributed by atoms with van der Waals surface area (Å²) in [4.78, 5) is 29.9. The third kappa shape index (κ3) is 5.60. The fourth-order valence-electron chi connectivity index (χ4n) is 3.12. The monoisotopic (exact) mass is 493 g/mol. The van der Waals surface area contributed by atoms with Gasteiger partial charge in [0.15, 0.2) is 15.0 Å². The van der Waals surface area contributed by atoms with Crippen LogP contribution >= 0.6 is 35.0 Å². The summed E-state index contributed by atoms with van der Waals surface area (Å²) >= 11 is 13.6. The van der Waals surface area contributed by atoms with Gasteiger partial charge in [0, 0.05) is 10.3 Å². The molecule has 3 rings (SSSR count). The Bertz CT molecular complexity index is 1010. The van der Waals surface area contributed by atoms with Crippen LogP contribution in [0.4, 0.5) is 10.5 Å². The molecule has 2 heterocycles. The Balaban J connectivity index is 1.83. The van der Waals surface area contributed by atoms with Crippen LogP contribution in [0.3, 0.4) is 0 Å². The second-order valence-electron chi connectivity index (χ2n) is 7.91. The van der Waals surface area contributed by atoms with Gasteiger partial charge in [-0.05, 0) is 39.0 Å². The average molecular weight is 494 g/mol. The van der Waals surface area contributed by atoms with Crippen molar-refractivity contribution in [1.29, 1.82) is 0 Å². The van der Waals surface area contributed by atoms with Gasteiger partial charge in [-0.2, -0.15) is 4.99 Å². The number of rotatable bonds is 3. The number of carbonyl (C=O) groups excluding carboxylic acids is 2. The zero-order valence-electron chi connectivity index (χ0n) is 16.5. The van der Waals surface area contributed by atoms with Gasteiger partial charge in [0.25, 0.3) is 5.91 Å². The molecule has 2 aliphatic rings. The van der Waals surface area contributed by atoms with E-state index in [2.05, 4.69) is 10.3 Å². The Hall–Kier alpha value is -1.49. The molecule has 1 aromatic rings. The van der Waals surface area contributed by atoms with Crippen molar-refractivity contribution in [3.05, 3.63) is 28.2 Å². The molecule has 0 spiro atoms. The number of amidine groups is 1. The van der Waals surface area contributed by atoms with Crippen LogP contribution < -0.4 is 10.2 Å². The molecule has 1 N–H and O–H groups in total. The van der Waals surface area contributed by atoms with Crippen molar-refractivity contribution in [3.63, 3.8) is 0 Å². The first-order valence-corrected chi connectivity index (χ1v) is 12.5. The van der Waals surface area contributed by atoms with E-state index in [0.29, 0.717) is 20.9 Å². The van der Waals surface area contributed by atoms with Crippen molar-refractivity contribution in [1.82, 2.24) is 5.32 Å². The zero-order chi connectivity index (χ0) is 22.3. The number of sulfone groups is 1. The van der Waals surface area contributed by atoms with Crippen molar-refractivity contribution < 1.29 is 22.7 Å². The first kappa shape index (κ1) is 23.2. The maximum atomic E-state index is 12.4. The van der Waals surface area contributed by atoms with Crippen LogP contribution in [-0.4, -0.2) is 60.5 Å². The Kier molecular flexibility index (Phi) is 6.62. The van der Waals surface area contributed by atoms with Crippen molar-refractivity contribution >= 4 is 67.7 Å². The van der Waals surface area contributed by atoms with E-state index in [0.717, 1.165) is 0 Å².